The number of aromatic nitrogens is 2. The van der Waals surface area contributed by atoms with Crippen LogP contribution < -0.4 is 10.3 Å². The molecule has 0 amide bonds. The molecule has 0 saturated carbocycles. The van der Waals surface area contributed by atoms with Crippen LogP contribution in [0.1, 0.15) is 17.0 Å². The zero-order valence-electron chi connectivity index (χ0n) is 13.1. The van der Waals surface area contributed by atoms with Gasteiger partial charge in [-0.2, -0.15) is 0 Å². The predicted octanol–water partition coefficient (Wildman–Crippen LogP) is 4.12. The van der Waals surface area contributed by atoms with Crippen LogP contribution in [-0.4, -0.2) is 17.1 Å². The first-order chi connectivity index (χ1) is 11.5. The van der Waals surface area contributed by atoms with Gasteiger partial charge in [-0.1, -0.05) is 29.8 Å². The van der Waals surface area contributed by atoms with E-state index >= 15 is 0 Å². The van der Waals surface area contributed by atoms with Crippen molar-refractivity contribution in [3.8, 4) is 5.75 Å². The largest absolute Gasteiger partial charge is 0.494 e. The highest BCUT2D eigenvalue weighted by Gasteiger charge is 2.09. The normalized spacial score (nSPS) is 11.8. The summed E-state index contributed by atoms with van der Waals surface area (Å²) < 4.78 is 18.6. The molecule has 6 heteroatoms. The molecule has 0 saturated heterocycles. The van der Waals surface area contributed by atoms with Crippen molar-refractivity contribution >= 4 is 33.6 Å². The molecule has 1 heterocycles. The van der Waals surface area contributed by atoms with Crippen LogP contribution in [0.4, 0.5) is 4.39 Å². The Bertz CT molecular complexity index is 1010. The van der Waals surface area contributed by atoms with E-state index in [9.17, 15) is 9.18 Å². The van der Waals surface area contributed by atoms with E-state index in [0.29, 0.717) is 16.5 Å². The van der Waals surface area contributed by atoms with Gasteiger partial charge in [-0.05, 0) is 42.3 Å². The molecule has 0 aliphatic carbocycles. The van der Waals surface area contributed by atoms with Gasteiger partial charge in [-0.3, -0.25) is 4.79 Å². The summed E-state index contributed by atoms with van der Waals surface area (Å²) in [5.74, 6) is -0.109. The smallest absolute Gasteiger partial charge is 0.259 e. The molecule has 0 fully saturated rings. The second-order valence-corrected chi connectivity index (χ2v) is 5.68. The molecule has 0 radical (unpaired) electrons. The molecule has 0 spiro atoms. The predicted molar refractivity (Wildman–Crippen MR) is 93.8 cm³/mol. The minimum atomic E-state index is -0.494. The molecular formula is C18H14ClFN2O2. The van der Waals surface area contributed by atoms with E-state index in [2.05, 4.69) is 9.97 Å². The summed E-state index contributed by atoms with van der Waals surface area (Å²) in [6, 6.07) is 9.83. The fraction of sp³-hybridized carbons (Fsp3) is 0.111. The molecule has 3 aromatic rings. The SMILES string of the molecule is COc1ccc(/C=C(\Cl)c2nc3c(C)cccc3c(=O)[nH]2)cc1F. The van der Waals surface area contributed by atoms with E-state index < -0.39 is 5.82 Å². The van der Waals surface area contributed by atoms with Crippen LogP contribution in [0.25, 0.3) is 22.0 Å². The number of aromatic amines is 1. The molecular weight excluding hydrogens is 331 g/mol. The van der Waals surface area contributed by atoms with Gasteiger partial charge in [-0.25, -0.2) is 9.37 Å². The van der Waals surface area contributed by atoms with Crippen molar-refractivity contribution in [3.63, 3.8) is 0 Å². The Morgan fingerprint density at radius 2 is 2.12 bits per heavy atom. The number of rotatable bonds is 3. The van der Waals surface area contributed by atoms with E-state index in [1.165, 1.54) is 25.3 Å². The minimum absolute atomic E-state index is 0.149. The van der Waals surface area contributed by atoms with Crippen LogP contribution in [-0.2, 0) is 0 Å². The third-order valence-corrected chi connectivity index (χ3v) is 3.92. The van der Waals surface area contributed by atoms with Gasteiger partial charge in [0.05, 0.1) is 23.0 Å². The highest BCUT2D eigenvalue weighted by Crippen LogP contribution is 2.24. The number of aryl methyl sites for hydroxylation is 1. The quantitative estimate of drug-likeness (QED) is 0.777. The van der Waals surface area contributed by atoms with E-state index in [1.54, 1.807) is 18.2 Å². The van der Waals surface area contributed by atoms with E-state index in [0.717, 1.165) is 5.56 Å². The van der Waals surface area contributed by atoms with Gasteiger partial charge in [0.2, 0.25) is 0 Å². The molecule has 1 aromatic heterocycles. The number of methoxy groups -OCH3 is 1. The van der Waals surface area contributed by atoms with Crippen LogP contribution in [0.5, 0.6) is 5.75 Å². The Labute approximate surface area is 142 Å². The summed E-state index contributed by atoms with van der Waals surface area (Å²) in [6.45, 7) is 1.87. The Balaban J connectivity index is 2.08. The van der Waals surface area contributed by atoms with Crippen molar-refractivity contribution in [1.29, 1.82) is 0 Å². The maximum atomic E-state index is 13.8. The second kappa shape index (κ2) is 6.45. The van der Waals surface area contributed by atoms with Crippen molar-refractivity contribution in [3.05, 3.63) is 69.5 Å². The molecule has 0 bridgehead atoms. The molecule has 0 atom stereocenters. The van der Waals surface area contributed by atoms with Gasteiger partial charge in [-0.15, -0.1) is 0 Å². The van der Waals surface area contributed by atoms with Crippen LogP contribution >= 0.6 is 11.6 Å². The number of hydrogen-bond donors (Lipinski definition) is 1. The van der Waals surface area contributed by atoms with Gasteiger partial charge in [0.1, 0.15) is 0 Å². The van der Waals surface area contributed by atoms with Gasteiger partial charge < -0.3 is 9.72 Å². The van der Waals surface area contributed by atoms with Gasteiger partial charge in [0, 0.05) is 0 Å². The molecule has 3 rings (SSSR count). The highest BCUT2D eigenvalue weighted by molar-refractivity contribution is 6.50. The van der Waals surface area contributed by atoms with E-state index in [4.69, 9.17) is 16.3 Å². The average Bonchev–Trinajstić information content (AvgIpc) is 2.56. The first kappa shape index (κ1) is 16.2. The van der Waals surface area contributed by atoms with Crippen molar-refractivity contribution in [2.45, 2.75) is 6.92 Å². The Morgan fingerprint density at radius 3 is 2.83 bits per heavy atom. The van der Waals surface area contributed by atoms with Crippen molar-refractivity contribution < 1.29 is 9.13 Å². The molecule has 122 valence electrons. The highest BCUT2D eigenvalue weighted by atomic mass is 35.5. The molecule has 0 unspecified atom stereocenters. The van der Waals surface area contributed by atoms with Crippen molar-refractivity contribution in [2.24, 2.45) is 0 Å². The topological polar surface area (TPSA) is 55.0 Å². The Morgan fingerprint density at radius 1 is 1.33 bits per heavy atom. The van der Waals surface area contributed by atoms with Crippen molar-refractivity contribution in [1.82, 2.24) is 9.97 Å². The number of fused-ring (bicyclic) bond motifs is 1. The summed E-state index contributed by atoms with van der Waals surface area (Å²) >= 11 is 6.27. The zero-order chi connectivity index (χ0) is 17.3. The number of ether oxygens (including phenoxy) is 1. The van der Waals surface area contributed by atoms with Gasteiger partial charge in [0.25, 0.3) is 5.56 Å². The minimum Gasteiger partial charge on any atom is -0.494 e. The maximum absolute atomic E-state index is 13.8. The zero-order valence-corrected chi connectivity index (χ0v) is 13.8. The summed E-state index contributed by atoms with van der Waals surface area (Å²) in [5.41, 5.74) is 1.72. The van der Waals surface area contributed by atoms with Gasteiger partial charge >= 0.3 is 0 Å². The number of nitrogens with zero attached hydrogens (tertiary/aromatic N) is 1. The number of H-pyrrole nitrogens is 1. The first-order valence-electron chi connectivity index (χ1n) is 7.20. The number of para-hydroxylation sites is 1. The number of nitrogens with one attached hydrogen (secondary N) is 1. The maximum Gasteiger partial charge on any atom is 0.259 e. The summed E-state index contributed by atoms with van der Waals surface area (Å²) in [4.78, 5) is 19.3. The summed E-state index contributed by atoms with van der Waals surface area (Å²) in [6.07, 6.45) is 1.53. The van der Waals surface area contributed by atoms with E-state index in [-0.39, 0.29) is 22.2 Å². The van der Waals surface area contributed by atoms with Gasteiger partial charge in [0.15, 0.2) is 17.4 Å². The van der Waals surface area contributed by atoms with E-state index in [1.807, 2.05) is 13.0 Å². The fourth-order valence-electron chi connectivity index (χ4n) is 2.41. The lowest BCUT2D eigenvalue weighted by Crippen LogP contribution is -2.11. The van der Waals surface area contributed by atoms with Crippen LogP contribution in [0.15, 0.2) is 41.2 Å². The van der Waals surface area contributed by atoms with Crippen LogP contribution in [0.3, 0.4) is 0 Å². The summed E-state index contributed by atoms with van der Waals surface area (Å²) in [5, 5.41) is 0.709. The standard InChI is InChI=1S/C18H14ClFN2O2/c1-10-4-3-5-12-16(10)21-17(22-18(12)23)13(19)8-11-6-7-15(24-2)14(20)9-11/h3-9H,1-2H3,(H,21,22,23)/b13-8-. The third-order valence-electron chi connectivity index (χ3n) is 3.63. The fourth-order valence-corrected chi connectivity index (χ4v) is 2.62. The Kier molecular flexibility index (Phi) is 4.36. The first-order valence-corrected chi connectivity index (χ1v) is 7.58. The lowest BCUT2D eigenvalue weighted by Gasteiger charge is -2.05. The van der Waals surface area contributed by atoms with Crippen LogP contribution in [0, 0.1) is 12.7 Å². The molecule has 0 aliphatic heterocycles. The monoisotopic (exact) mass is 344 g/mol. The third kappa shape index (κ3) is 3.03. The number of halogens is 2. The van der Waals surface area contributed by atoms with Crippen LogP contribution in [0.2, 0.25) is 0 Å². The lowest BCUT2D eigenvalue weighted by molar-refractivity contribution is 0.386. The number of hydrogen-bond acceptors (Lipinski definition) is 3. The molecule has 24 heavy (non-hydrogen) atoms. The molecule has 0 aliphatic rings. The molecule has 2 aromatic carbocycles. The average molecular weight is 345 g/mol. The number of benzene rings is 2. The summed E-state index contributed by atoms with van der Waals surface area (Å²) in [7, 11) is 1.40. The molecule has 1 N–H and O–H groups in total. The Hall–Kier alpha value is -2.66. The second-order valence-electron chi connectivity index (χ2n) is 5.27. The lowest BCUT2D eigenvalue weighted by atomic mass is 10.1. The molecule has 4 nitrogen and oxygen atoms in total. The van der Waals surface area contributed by atoms with Crippen molar-refractivity contribution in [2.75, 3.05) is 7.11 Å².